The van der Waals surface area contributed by atoms with Gasteiger partial charge in [0.1, 0.15) is 6.04 Å². The van der Waals surface area contributed by atoms with Crippen molar-refractivity contribution >= 4 is 46.8 Å². The van der Waals surface area contributed by atoms with Gasteiger partial charge in [-0.3, -0.25) is 14.4 Å². The Bertz CT molecular complexity index is 1040. The van der Waals surface area contributed by atoms with E-state index in [1.165, 1.54) is 0 Å². The first-order valence-electron chi connectivity index (χ1n) is 12.4. The summed E-state index contributed by atoms with van der Waals surface area (Å²) >= 11 is 8.15. The lowest BCUT2D eigenvalue weighted by molar-refractivity contribution is -0.154. The van der Waals surface area contributed by atoms with Crippen molar-refractivity contribution in [2.75, 3.05) is 31.2 Å². The van der Waals surface area contributed by atoms with Crippen molar-refractivity contribution < 1.29 is 24.2 Å². The predicted octanol–water partition coefficient (Wildman–Crippen LogP) is 3.76. The van der Waals surface area contributed by atoms with Gasteiger partial charge in [-0.05, 0) is 44.2 Å². The fraction of sp³-hybridized carbons (Fsp3) is 0.519. The Labute approximate surface area is 221 Å². The van der Waals surface area contributed by atoms with Crippen LogP contribution in [0.25, 0.3) is 0 Å². The molecule has 194 valence electrons. The summed E-state index contributed by atoms with van der Waals surface area (Å²) in [5.74, 6) is -2.06. The van der Waals surface area contributed by atoms with E-state index < -0.39 is 22.6 Å². The molecule has 0 aliphatic carbocycles. The number of hydrogen-bond acceptors (Lipinski definition) is 6. The van der Waals surface area contributed by atoms with Crippen molar-refractivity contribution in [3.63, 3.8) is 0 Å². The fourth-order valence-electron chi connectivity index (χ4n) is 6.05. The molecule has 5 atom stereocenters. The molecule has 3 fully saturated rings. The van der Waals surface area contributed by atoms with E-state index in [2.05, 4.69) is 13.2 Å². The molecule has 1 aromatic carbocycles. The quantitative estimate of drug-likeness (QED) is 0.265. The van der Waals surface area contributed by atoms with Crippen LogP contribution in [0.3, 0.4) is 0 Å². The minimum atomic E-state index is -0.779. The van der Waals surface area contributed by atoms with E-state index in [1.54, 1.807) is 39.8 Å². The zero-order valence-corrected chi connectivity index (χ0v) is 22.1. The van der Waals surface area contributed by atoms with E-state index in [4.69, 9.17) is 16.3 Å². The summed E-state index contributed by atoms with van der Waals surface area (Å²) in [5.41, 5.74) is 1.43. The maximum absolute atomic E-state index is 14.4. The number of halogens is 1. The van der Waals surface area contributed by atoms with Gasteiger partial charge in [-0.15, -0.1) is 24.9 Å². The van der Waals surface area contributed by atoms with Crippen LogP contribution in [0.4, 0.5) is 5.69 Å². The average molecular weight is 533 g/mol. The van der Waals surface area contributed by atoms with Crippen molar-refractivity contribution in [1.82, 2.24) is 4.90 Å². The van der Waals surface area contributed by atoms with E-state index in [0.29, 0.717) is 30.0 Å². The summed E-state index contributed by atoms with van der Waals surface area (Å²) in [6, 6.07) is 4.68. The van der Waals surface area contributed by atoms with Gasteiger partial charge in [-0.1, -0.05) is 35.9 Å². The fourth-order valence-corrected chi connectivity index (χ4v) is 8.58. The Hall–Kier alpha value is -2.29. The molecular formula is C27H33ClN2O5S. The highest BCUT2D eigenvalue weighted by Gasteiger charge is 2.74. The van der Waals surface area contributed by atoms with Gasteiger partial charge >= 0.3 is 5.97 Å². The molecule has 4 rings (SSSR count). The molecule has 2 unspecified atom stereocenters. The monoisotopic (exact) mass is 532 g/mol. The summed E-state index contributed by atoms with van der Waals surface area (Å²) in [6.07, 6.45) is 5.60. The number of aryl methyl sites for hydroxylation is 1. The number of carbonyl (C=O) groups is 3. The van der Waals surface area contributed by atoms with Crippen LogP contribution in [0.5, 0.6) is 0 Å². The number of ether oxygens (including phenoxy) is 1. The minimum absolute atomic E-state index is 0.0691. The smallest absolute Gasteiger partial charge is 0.310 e. The first-order chi connectivity index (χ1) is 17.3. The molecule has 3 saturated heterocycles. The number of rotatable bonds is 11. The molecule has 3 aliphatic heterocycles. The zero-order valence-electron chi connectivity index (χ0n) is 20.5. The number of fused-ring (bicyclic) bond motifs is 1. The van der Waals surface area contributed by atoms with Crippen LogP contribution in [0, 0.1) is 18.8 Å². The maximum atomic E-state index is 14.4. The molecule has 1 N–H and O–H groups in total. The molecule has 36 heavy (non-hydrogen) atoms. The normalized spacial score (nSPS) is 28.2. The van der Waals surface area contributed by atoms with Gasteiger partial charge in [-0.25, -0.2) is 0 Å². The maximum Gasteiger partial charge on any atom is 0.310 e. The van der Waals surface area contributed by atoms with Crippen LogP contribution in [0.15, 0.2) is 43.5 Å². The molecule has 9 heteroatoms. The van der Waals surface area contributed by atoms with E-state index >= 15 is 0 Å². The molecule has 7 nitrogen and oxygen atoms in total. The number of carbonyl (C=O) groups excluding carboxylic acids is 3. The molecule has 0 aromatic heterocycles. The van der Waals surface area contributed by atoms with E-state index in [9.17, 15) is 19.5 Å². The molecule has 2 bridgehead atoms. The Kier molecular flexibility index (Phi) is 8.17. The first kappa shape index (κ1) is 26.8. The van der Waals surface area contributed by atoms with Crippen molar-refractivity contribution in [3.05, 3.63) is 54.1 Å². The molecule has 1 spiro atoms. The summed E-state index contributed by atoms with van der Waals surface area (Å²) in [4.78, 5) is 44.6. The predicted molar refractivity (Wildman–Crippen MR) is 142 cm³/mol. The highest BCUT2D eigenvalue weighted by Crippen LogP contribution is 2.66. The van der Waals surface area contributed by atoms with Gasteiger partial charge in [0, 0.05) is 24.9 Å². The molecule has 2 amide bonds. The van der Waals surface area contributed by atoms with Crippen molar-refractivity contribution in [2.45, 2.75) is 48.6 Å². The summed E-state index contributed by atoms with van der Waals surface area (Å²) < 4.78 is 4.78. The zero-order chi connectivity index (χ0) is 26.0. The minimum Gasteiger partial charge on any atom is -0.465 e. The van der Waals surface area contributed by atoms with Gasteiger partial charge in [0.05, 0.1) is 33.9 Å². The number of hydrogen-bond donors (Lipinski definition) is 1. The molecule has 0 saturated carbocycles. The van der Waals surface area contributed by atoms with E-state index in [-0.39, 0.29) is 49.3 Å². The number of para-hydroxylation sites is 1. The van der Waals surface area contributed by atoms with Crippen molar-refractivity contribution in [2.24, 2.45) is 11.8 Å². The van der Waals surface area contributed by atoms with Crippen LogP contribution < -0.4 is 4.90 Å². The Morgan fingerprint density at radius 3 is 2.81 bits per heavy atom. The van der Waals surface area contributed by atoms with Crippen LogP contribution in [0.1, 0.15) is 31.2 Å². The number of esters is 1. The molecule has 0 radical (unpaired) electrons. The van der Waals surface area contributed by atoms with Gasteiger partial charge in [0.2, 0.25) is 5.91 Å². The Morgan fingerprint density at radius 1 is 1.36 bits per heavy atom. The van der Waals surface area contributed by atoms with E-state index in [0.717, 1.165) is 12.0 Å². The SMILES string of the molecule is C=CCCOC(=O)[C@@H]1[C@H]2C(=O)N(CCCO)C(C(=O)N(CC=C)c3c(C)cccc3Cl)C23CC[C@H]1S3. The lowest BCUT2D eigenvalue weighted by Gasteiger charge is -2.37. The number of thioether (sulfide) groups is 1. The molecule has 3 heterocycles. The first-order valence-corrected chi connectivity index (χ1v) is 13.6. The summed E-state index contributed by atoms with van der Waals surface area (Å²) in [7, 11) is 0. The number of anilines is 1. The van der Waals surface area contributed by atoms with Gasteiger partial charge in [0.25, 0.3) is 5.91 Å². The van der Waals surface area contributed by atoms with Gasteiger partial charge < -0.3 is 19.6 Å². The number of aliphatic hydroxyl groups is 1. The third-order valence-corrected chi connectivity index (χ3v) is 9.72. The highest BCUT2D eigenvalue weighted by molar-refractivity contribution is 8.02. The van der Waals surface area contributed by atoms with Gasteiger partial charge in [-0.2, -0.15) is 0 Å². The van der Waals surface area contributed by atoms with E-state index in [1.807, 2.05) is 19.1 Å². The third kappa shape index (κ3) is 4.37. The van der Waals surface area contributed by atoms with Crippen LogP contribution in [0.2, 0.25) is 5.02 Å². The Balaban J connectivity index is 1.75. The number of aliphatic hydroxyl groups excluding tert-OH is 1. The van der Waals surface area contributed by atoms with Gasteiger partial charge in [0.15, 0.2) is 0 Å². The van der Waals surface area contributed by atoms with Crippen LogP contribution in [-0.4, -0.2) is 70.1 Å². The summed E-state index contributed by atoms with van der Waals surface area (Å²) in [5, 5.41) is 9.90. The number of nitrogens with zero attached hydrogens (tertiary/aromatic N) is 2. The second kappa shape index (κ2) is 11.0. The Morgan fingerprint density at radius 2 is 2.14 bits per heavy atom. The molecular weight excluding hydrogens is 500 g/mol. The highest BCUT2D eigenvalue weighted by atomic mass is 35.5. The lowest BCUT2D eigenvalue weighted by Crippen LogP contribution is -2.55. The number of benzene rings is 1. The number of likely N-dealkylation sites (tertiary alicyclic amines) is 1. The van der Waals surface area contributed by atoms with Crippen LogP contribution in [-0.2, 0) is 19.1 Å². The van der Waals surface area contributed by atoms with Crippen molar-refractivity contribution in [1.29, 1.82) is 0 Å². The largest absolute Gasteiger partial charge is 0.465 e. The second-order valence-electron chi connectivity index (χ2n) is 9.55. The number of amides is 2. The average Bonchev–Trinajstić information content (AvgIpc) is 3.49. The summed E-state index contributed by atoms with van der Waals surface area (Å²) in [6.45, 7) is 9.96. The van der Waals surface area contributed by atoms with Crippen molar-refractivity contribution in [3.8, 4) is 0 Å². The second-order valence-corrected chi connectivity index (χ2v) is 11.6. The standard InChI is InChI=1S/C27H33ClN2O5S/c1-4-6-16-35-26(34)20-19-11-12-27(36-19)21(20)24(32)30(14-8-15-31)23(27)25(33)29(13-5-2)22-17(3)9-7-10-18(22)28/h4-5,7,9-10,19-21,23,31H,1-2,6,8,11-16H2,3H3/t19-,20+,21+,23?,27?/m1/s1. The topological polar surface area (TPSA) is 87.1 Å². The lowest BCUT2D eigenvalue weighted by atomic mass is 9.71. The molecule has 3 aliphatic rings. The van der Waals surface area contributed by atoms with Crippen LogP contribution >= 0.6 is 23.4 Å². The molecule has 1 aromatic rings. The third-order valence-electron chi connectivity index (χ3n) is 7.47.